The van der Waals surface area contributed by atoms with Crippen LogP contribution in [0.25, 0.3) is 5.76 Å². The molecule has 6 nitrogen and oxygen atoms in total. The van der Waals surface area contributed by atoms with Crippen molar-refractivity contribution >= 4 is 23.3 Å². The number of rotatable bonds is 3. The molecule has 3 aromatic rings. The third kappa shape index (κ3) is 3.18. The Hall–Kier alpha value is -3.81. The van der Waals surface area contributed by atoms with Crippen molar-refractivity contribution in [2.24, 2.45) is 0 Å². The van der Waals surface area contributed by atoms with E-state index >= 15 is 0 Å². The number of carbonyl (C=O) groups excluding carboxylic acids is 2. The lowest BCUT2D eigenvalue weighted by molar-refractivity contribution is -0.132. The summed E-state index contributed by atoms with van der Waals surface area (Å²) in [6.45, 7) is 1.61. The van der Waals surface area contributed by atoms with E-state index in [0.29, 0.717) is 5.76 Å². The molecule has 4 rings (SSSR count). The molecule has 0 spiro atoms. The molecule has 8 heteroatoms. The van der Waals surface area contributed by atoms with E-state index in [0.717, 1.165) is 23.1 Å². The van der Waals surface area contributed by atoms with Gasteiger partial charge in [0.2, 0.25) is 0 Å². The van der Waals surface area contributed by atoms with Gasteiger partial charge in [-0.25, -0.2) is 8.78 Å². The van der Waals surface area contributed by atoms with Gasteiger partial charge in [0.1, 0.15) is 23.2 Å². The van der Waals surface area contributed by atoms with Gasteiger partial charge in [0, 0.05) is 11.6 Å². The molecule has 0 bridgehead atoms. The number of aromatic nitrogens is 1. The van der Waals surface area contributed by atoms with Crippen LogP contribution in [0.15, 0.2) is 64.7 Å². The molecule has 1 aromatic heterocycles. The molecule has 1 aliphatic heterocycles. The lowest BCUT2D eigenvalue weighted by atomic mass is 9.95. The number of Topliss-reactive ketones (excluding diaryl/α,β-unsaturated/α-hetero) is 1. The molecule has 1 amide bonds. The van der Waals surface area contributed by atoms with Crippen LogP contribution in [0.3, 0.4) is 0 Å². The number of nitrogens with zero attached hydrogens (tertiary/aromatic N) is 2. The third-order valence-electron chi connectivity index (χ3n) is 4.59. The molecular formula is C21H14F2N2O4. The van der Waals surface area contributed by atoms with Crippen molar-refractivity contribution in [2.75, 3.05) is 4.90 Å². The smallest absolute Gasteiger partial charge is 0.301 e. The summed E-state index contributed by atoms with van der Waals surface area (Å²) in [5.74, 6) is -3.07. The third-order valence-corrected chi connectivity index (χ3v) is 4.59. The molecule has 0 unspecified atom stereocenters. The van der Waals surface area contributed by atoms with Crippen LogP contribution in [0.4, 0.5) is 14.6 Å². The summed E-state index contributed by atoms with van der Waals surface area (Å²) < 4.78 is 32.2. The van der Waals surface area contributed by atoms with Crippen LogP contribution >= 0.6 is 0 Å². The first kappa shape index (κ1) is 18.5. The Morgan fingerprint density at radius 3 is 2.41 bits per heavy atom. The van der Waals surface area contributed by atoms with Crippen LogP contribution in [0.5, 0.6) is 0 Å². The van der Waals surface area contributed by atoms with E-state index in [-0.39, 0.29) is 22.5 Å². The van der Waals surface area contributed by atoms with Crippen molar-refractivity contribution in [1.29, 1.82) is 0 Å². The predicted molar refractivity (Wildman–Crippen MR) is 98.8 cm³/mol. The van der Waals surface area contributed by atoms with E-state index in [9.17, 15) is 23.5 Å². The maximum absolute atomic E-state index is 13.9. The summed E-state index contributed by atoms with van der Waals surface area (Å²) in [5, 5.41) is 14.6. The summed E-state index contributed by atoms with van der Waals surface area (Å²) in [5.41, 5.74) is 0.142. The largest absolute Gasteiger partial charge is 0.507 e. The Kier molecular flexibility index (Phi) is 4.46. The summed E-state index contributed by atoms with van der Waals surface area (Å²) in [6, 6.07) is 10.4. The minimum absolute atomic E-state index is 0.0528. The van der Waals surface area contributed by atoms with Crippen molar-refractivity contribution < 1.29 is 28.0 Å². The van der Waals surface area contributed by atoms with Crippen molar-refractivity contribution in [3.8, 4) is 0 Å². The summed E-state index contributed by atoms with van der Waals surface area (Å²) in [7, 11) is 0. The number of aliphatic hydroxyl groups excluding tert-OH is 1. The highest BCUT2D eigenvalue weighted by molar-refractivity contribution is 6.51. The standard InChI is InChI=1S/C21H14F2N2O4/c1-11-9-16(24-29-11)25-18(13-3-2-4-15(23)10-13)17(20(27)21(25)28)19(26)12-5-7-14(22)8-6-12/h2-10,18,26H,1H3/t18-/m0/s1. The van der Waals surface area contributed by atoms with Gasteiger partial charge in [-0.05, 0) is 48.9 Å². The fourth-order valence-corrected chi connectivity index (χ4v) is 3.29. The van der Waals surface area contributed by atoms with Crippen LogP contribution < -0.4 is 4.90 Å². The Morgan fingerprint density at radius 2 is 1.79 bits per heavy atom. The van der Waals surface area contributed by atoms with Gasteiger partial charge >= 0.3 is 5.91 Å². The zero-order valence-electron chi connectivity index (χ0n) is 15.1. The van der Waals surface area contributed by atoms with E-state index in [1.54, 1.807) is 6.92 Å². The fraction of sp³-hybridized carbons (Fsp3) is 0.0952. The molecule has 1 atom stereocenters. The Bertz CT molecular complexity index is 1150. The van der Waals surface area contributed by atoms with E-state index in [2.05, 4.69) is 5.16 Å². The second-order valence-electron chi connectivity index (χ2n) is 6.53. The van der Waals surface area contributed by atoms with E-state index in [4.69, 9.17) is 4.52 Å². The van der Waals surface area contributed by atoms with Gasteiger partial charge in [-0.2, -0.15) is 0 Å². The number of benzene rings is 2. The first-order chi connectivity index (χ1) is 13.9. The van der Waals surface area contributed by atoms with E-state index in [1.807, 2.05) is 0 Å². The first-order valence-electron chi connectivity index (χ1n) is 8.62. The normalized spacial score (nSPS) is 18.4. The van der Waals surface area contributed by atoms with Crippen LogP contribution in [-0.4, -0.2) is 22.0 Å². The highest BCUT2D eigenvalue weighted by Crippen LogP contribution is 2.41. The second-order valence-corrected chi connectivity index (χ2v) is 6.53. The van der Waals surface area contributed by atoms with Crippen molar-refractivity contribution in [1.82, 2.24) is 5.16 Å². The molecule has 2 heterocycles. The van der Waals surface area contributed by atoms with Gasteiger partial charge in [-0.1, -0.05) is 17.3 Å². The number of carbonyl (C=O) groups is 2. The number of aliphatic hydroxyl groups is 1. The van der Waals surface area contributed by atoms with Crippen LogP contribution in [-0.2, 0) is 9.59 Å². The number of aryl methyl sites for hydroxylation is 1. The summed E-state index contributed by atoms with van der Waals surface area (Å²) in [6.07, 6.45) is 0. The molecule has 0 saturated carbocycles. The molecular weight excluding hydrogens is 382 g/mol. The minimum Gasteiger partial charge on any atom is -0.507 e. The highest BCUT2D eigenvalue weighted by atomic mass is 19.1. The number of hydrogen-bond acceptors (Lipinski definition) is 5. The van der Waals surface area contributed by atoms with Crippen molar-refractivity contribution in [2.45, 2.75) is 13.0 Å². The van der Waals surface area contributed by atoms with Gasteiger partial charge in [0.15, 0.2) is 5.82 Å². The van der Waals surface area contributed by atoms with Crippen LogP contribution in [0, 0.1) is 18.6 Å². The average molecular weight is 396 g/mol. The van der Waals surface area contributed by atoms with E-state index in [1.165, 1.54) is 36.4 Å². The Balaban J connectivity index is 1.95. The molecule has 2 aromatic carbocycles. The fourth-order valence-electron chi connectivity index (χ4n) is 3.29. The van der Waals surface area contributed by atoms with Crippen molar-refractivity contribution in [3.63, 3.8) is 0 Å². The number of halogens is 2. The molecule has 1 N–H and O–H groups in total. The minimum atomic E-state index is -1.14. The number of amides is 1. The predicted octanol–water partition coefficient (Wildman–Crippen LogP) is 3.89. The average Bonchev–Trinajstić information content (AvgIpc) is 3.23. The SMILES string of the molecule is Cc1cc(N2C(=O)C(=O)C(=C(O)c3ccc(F)cc3)[C@@H]2c2cccc(F)c2)no1. The summed E-state index contributed by atoms with van der Waals surface area (Å²) in [4.78, 5) is 26.6. The molecule has 1 saturated heterocycles. The van der Waals surface area contributed by atoms with Crippen molar-refractivity contribution in [3.05, 3.63) is 88.7 Å². The Morgan fingerprint density at radius 1 is 1.07 bits per heavy atom. The topological polar surface area (TPSA) is 83.6 Å². The quantitative estimate of drug-likeness (QED) is 0.413. The summed E-state index contributed by atoms with van der Waals surface area (Å²) >= 11 is 0. The van der Waals surface area contributed by atoms with E-state index < -0.39 is 35.1 Å². The molecule has 146 valence electrons. The molecule has 1 aliphatic rings. The molecule has 0 aliphatic carbocycles. The van der Waals surface area contributed by atoms with Gasteiger partial charge in [-0.3, -0.25) is 14.5 Å². The maximum atomic E-state index is 13.9. The first-order valence-corrected chi connectivity index (χ1v) is 8.62. The lowest BCUT2D eigenvalue weighted by Crippen LogP contribution is -2.29. The van der Waals surface area contributed by atoms with Crippen LogP contribution in [0.2, 0.25) is 0 Å². The lowest BCUT2D eigenvalue weighted by Gasteiger charge is -2.22. The highest BCUT2D eigenvalue weighted by Gasteiger charge is 2.48. The molecule has 29 heavy (non-hydrogen) atoms. The molecule has 0 radical (unpaired) electrons. The van der Waals surface area contributed by atoms with Gasteiger partial charge in [0.25, 0.3) is 5.78 Å². The zero-order chi connectivity index (χ0) is 20.7. The number of ketones is 1. The van der Waals surface area contributed by atoms with Gasteiger partial charge < -0.3 is 9.63 Å². The Labute approximate surface area is 163 Å². The molecule has 1 fully saturated rings. The zero-order valence-corrected chi connectivity index (χ0v) is 15.1. The van der Waals surface area contributed by atoms with Crippen LogP contribution in [0.1, 0.15) is 22.9 Å². The number of hydrogen-bond donors (Lipinski definition) is 1. The second kappa shape index (κ2) is 6.97. The monoisotopic (exact) mass is 396 g/mol. The number of anilines is 1. The van der Waals surface area contributed by atoms with Gasteiger partial charge in [0.05, 0.1) is 11.6 Å². The maximum Gasteiger partial charge on any atom is 0.301 e. The van der Waals surface area contributed by atoms with Gasteiger partial charge in [-0.15, -0.1) is 0 Å².